The highest BCUT2D eigenvalue weighted by Gasteiger charge is 2.24. The van der Waals surface area contributed by atoms with Crippen LogP contribution in [0.4, 0.5) is 0 Å². The minimum Gasteiger partial charge on any atom is -0.224 e. The van der Waals surface area contributed by atoms with E-state index in [1.807, 2.05) is 0 Å². The molecule has 0 radical (unpaired) electrons. The molecule has 0 N–H and O–H groups in total. The summed E-state index contributed by atoms with van der Waals surface area (Å²) in [4.78, 5) is 3.55. The molecule has 1 aliphatic rings. The first-order chi connectivity index (χ1) is 4.43. The molecule has 0 amide bonds. The van der Waals surface area contributed by atoms with Gasteiger partial charge in [-0.25, -0.2) is 13.4 Å². The van der Waals surface area contributed by atoms with Crippen LogP contribution in [0.15, 0.2) is 15.6 Å². The third kappa shape index (κ3) is 1.09. The van der Waals surface area contributed by atoms with Crippen LogP contribution in [0.25, 0.3) is 0 Å². The summed E-state index contributed by atoms with van der Waals surface area (Å²) in [6.45, 7) is 1.63. The molecule has 56 valence electrons. The van der Waals surface area contributed by atoms with Gasteiger partial charge in [0.05, 0.1) is 0 Å². The maximum absolute atomic E-state index is 10.7. The van der Waals surface area contributed by atoms with Gasteiger partial charge in [0.2, 0.25) is 0 Å². The van der Waals surface area contributed by atoms with Crippen molar-refractivity contribution in [1.29, 1.82) is 0 Å². The smallest absolute Gasteiger partial charge is 0.193 e. The third-order valence-corrected chi connectivity index (χ3v) is 2.65. The lowest BCUT2D eigenvalue weighted by Gasteiger charge is -2.12. The van der Waals surface area contributed by atoms with Gasteiger partial charge in [0.1, 0.15) is 5.17 Å². The molecule has 0 bridgehead atoms. The lowest BCUT2D eigenvalue weighted by atomic mass is 10.3. The van der Waals surface area contributed by atoms with Crippen LogP contribution in [0.1, 0.15) is 6.92 Å². The maximum Gasteiger partial charge on any atom is 0.193 e. The molecule has 10 heavy (non-hydrogen) atoms. The monoisotopic (exact) mass is 179 g/mol. The largest absolute Gasteiger partial charge is 0.224 e. The van der Waals surface area contributed by atoms with Gasteiger partial charge in [-0.3, -0.25) is 0 Å². The molecule has 0 aromatic rings. The molecule has 0 atom stereocenters. The number of rotatable bonds is 1. The number of hydrogen-bond acceptors (Lipinski definition) is 3. The molecule has 1 heterocycles. The summed E-state index contributed by atoms with van der Waals surface area (Å²) in [7, 11) is -3.14. The highest BCUT2D eigenvalue weighted by Crippen LogP contribution is 2.25. The number of allylic oxidation sites excluding steroid dienone is 1. The summed E-state index contributed by atoms with van der Waals surface area (Å²) in [5, 5.41) is 0.401. The summed E-state index contributed by atoms with van der Waals surface area (Å²) in [6, 6.07) is 0. The van der Waals surface area contributed by atoms with Gasteiger partial charge in [0.25, 0.3) is 0 Å². The van der Waals surface area contributed by atoms with Crippen molar-refractivity contribution >= 4 is 26.6 Å². The Kier molecular flexibility index (Phi) is 1.60. The molecule has 3 nitrogen and oxygen atoms in total. The Morgan fingerprint density at radius 1 is 1.50 bits per heavy atom. The van der Waals surface area contributed by atoms with Crippen molar-refractivity contribution < 1.29 is 8.42 Å². The molecule has 0 aliphatic carbocycles. The second-order valence-electron chi connectivity index (χ2n) is 2.10. The van der Waals surface area contributed by atoms with E-state index >= 15 is 0 Å². The van der Waals surface area contributed by atoms with Crippen molar-refractivity contribution in [3.05, 3.63) is 10.6 Å². The summed E-state index contributed by atoms with van der Waals surface area (Å²) in [5.74, 6) is 0. The van der Waals surface area contributed by atoms with E-state index in [1.165, 1.54) is 0 Å². The third-order valence-electron chi connectivity index (χ3n) is 1.18. The SMILES string of the molecule is CC1=C(S(C)(=O)=O)N=C1Cl. The van der Waals surface area contributed by atoms with Crippen LogP contribution in [0.3, 0.4) is 0 Å². The number of nitrogens with zero attached hydrogens (tertiary/aromatic N) is 1. The first-order valence-electron chi connectivity index (χ1n) is 2.58. The Bertz CT molecular complexity index is 326. The van der Waals surface area contributed by atoms with Crippen molar-refractivity contribution in [3.8, 4) is 0 Å². The zero-order chi connectivity index (χ0) is 7.94. The molecular formula is C5H6ClNO2S. The van der Waals surface area contributed by atoms with E-state index in [4.69, 9.17) is 11.6 Å². The predicted octanol–water partition coefficient (Wildman–Crippen LogP) is 0.913. The Morgan fingerprint density at radius 3 is 2.10 bits per heavy atom. The van der Waals surface area contributed by atoms with Crippen LogP contribution in [0.5, 0.6) is 0 Å². The van der Waals surface area contributed by atoms with Crippen LogP contribution in [0, 0.1) is 0 Å². The Morgan fingerprint density at radius 2 is 2.00 bits per heavy atom. The Balaban J connectivity index is 3.04. The quantitative estimate of drug-likeness (QED) is 0.601. The van der Waals surface area contributed by atoms with E-state index in [0.29, 0.717) is 10.7 Å². The van der Waals surface area contributed by atoms with Crippen molar-refractivity contribution in [2.75, 3.05) is 6.26 Å². The lowest BCUT2D eigenvalue weighted by molar-refractivity contribution is 0.606. The van der Waals surface area contributed by atoms with E-state index in [1.54, 1.807) is 6.92 Å². The fourth-order valence-corrected chi connectivity index (χ4v) is 1.84. The zero-order valence-corrected chi connectivity index (χ0v) is 7.12. The maximum atomic E-state index is 10.7. The van der Waals surface area contributed by atoms with Gasteiger partial charge in [-0.1, -0.05) is 11.6 Å². The molecule has 1 rings (SSSR count). The van der Waals surface area contributed by atoms with Crippen LogP contribution < -0.4 is 0 Å². The standard InChI is InChI=1S/C5H6ClNO2S/c1-3-4(6)7-5(3)10(2,8)9/h1-2H3. The fourth-order valence-electron chi connectivity index (χ4n) is 0.653. The Labute approximate surface area is 64.3 Å². The van der Waals surface area contributed by atoms with E-state index in [-0.39, 0.29) is 5.03 Å². The summed E-state index contributed by atoms with van der Waals surface area (Å²) >= 11 is 5.43. The highest BCUT2D eigenvalue weighted by molar-refractivity contribution is 7.94. The number of aliphatic imine (C=N–C) groups is 1. The lowest BCUT2D eigenvalue weighted by Crippen LogP contribution is -2.13. The molecule has 0 aromatic heterocycles. The van der Waals surface area contributed by atoms with Gasteiger partial charge in [-0.2, -0.15) is 0 Å². The average Bonchev–Trinajstić information content (AvgIpc) is 1.79. The van der Waals surface area contributed by atoms with Gasteiger partial charge < -0.3 is 0 Å². The zero-order valence-electron chi connectivity index (χ0n) is 5.55. The van der Waals surface area contributed by atoms with Gasteiger partial charge >= 0.3 is 0 Å². The summed E-state index contributed by atoms with van der Waals surface area (Å²) in [6.07, 6.45) is 1.11. The van der Waals surface area contributed by atoms with Crippen molar-refractivity contribution in [1.82, 2.24) is 0 Å². The highest BCUT2D eigenvalue weighted by atomic mass is 35.5. The number of halogens is 1. The van der Waals surface area contributed by atoms with Crippen molar-refractivity contribution in [2.45, 2.75) is 6.92 Å². The second kappa shape index (κ2) is 2.07. The molecule has 0 unspecified atom stereocenters. The molecular weight excluding hydrogens is 174 g/mol. The van der Waals surface area contributed by atoms with Gasteiger partial charge in [-0.15, -0.1) is 0 Å². The van der Waals surface area contributed by atoms with E-state index in [0.717, 1.165) is 6.26 Å². The van der Waals surface area contributed by atoms with Crippen molar-refractivity contribution in [2.24, 2.45) is 4.99 Å². The number of hydrogen-bond donors (Lipinski definition) is 0. The van der Waals surface area contributed by atoms with E-state index < -0.39 is 9.84 Å². The van der Waals surface area contributed by atoms with Gasteiger partial charge in [0.15, 0.2) is 14.9 Å². The first kappa shape index (κ1) is 7.75. The molecule has 0 saturated carbocycles. The number of sulfone groups is 1. The van der Waals surface area contributed by atoms with Crippen LogP contribution in [-0.2, 0) is 9.84 Å². The topological polar surface area (TPSA) is 46.5 Å². The Hall–Kier alpha value is -0.350. The molecule has 0 fully saturated rings. The molecule has 5 heteroatoms. The van der Waals surface area contributed by atoms with Gasteiger partial charge in [-0.05, 0) is 6.92 Å². The van der Waals surface area contributed by atoms with Crippen LogP contribution >= 0.6 is 11.6 Å². The minimum atomic E-state index is -3.14. The predicted molar refractivity (Wildman–Crippen MR) is 40.8 cm³/mol. The fraction of sp³-hybridized carbons (Fsp3) is 0.400. The van der Waals surface area contributed by atoms with Crippen LogP contribution in [0.2, 0.25) is 0 Å². The molecule has 1 aliphatic heterocycles. The van der Waals surface area contributed by atoms with E-state index in [9.17, 15) is 8.42 Å². The molecule has 0 aromatic carbocycles. The summed E-state index contributed by atoms with van der Waals surface area (Å²) < 4.78 is 21.5. The molecule has 0 saturated heterocycles. The van der Waals surface area contributed by atoms with Crippen LogP contribution in [-0.4, -0.2) is 19.8 Å². The van der Waals surface area contributed by atoms with Gasteiger partial charge in [0, 0.05) is 11.8 Å². The molecule has 0 spiro atoms. The minimum absolute atomic E-state index is 0.109. The van der Waals surface area contributed by atoms with Crippen molar-refractivity contribution in [3.63, 3.8) is 0 Å². The summed E-state index contributed by atoms with van der Waals surface area (Å²) in [5.41, 5.74) is 0.559. The second-order valence-corrected chi connectivity index (χ2v) is 4.39. The average molecular weight is 180 g/mol. The first-order valence-corrected chi connectivity index (χ1v) is 4.85. The normalized spacial score (nSPS) is 18.5. The van der Waals surface area contributed by atoms with E-state index in [2.05, 4.69) is 4.99 Å².